The Morgan fingerprint density at radius 2 is 1.72 bits per heavy atom. The number of rotatable bonds is 4. The molecule has 2 aliphatic rings. The van der Waals surface area contributed by atoms with Gasteiger partial charge in [-0.1, -0.05) is 18.2 Å². The largest absolute Gasteiger partial charge is 0.325 e. The number of carbonyl (C=O) groups excluding carboxylic acids is 1. The van der Waals surface area contributed by atoms with Gasteiger partial charge in [-0.25, -0.2) is 13.2 Å². The van der Waals surface area contributed by atoms with Crippen LogP contribution in [-0.4, -0.2) is 47.9 Å². The summed E-state index contributed by atoms with van der Waals surface area (Å²) in [5.41, 5.74) is 3.19. The topological polar surface area (TPSA) is 101 Å². The lowest BCUT2D eigenvalue weighted by Crippen LogP contribution is -2.37. The second-order valence-electron chi connectivity index (χ2n) is 7.76. The van der Waals surface area contributed by atoms with E-state index in [1.54, 1.807) is 17.0 Å². The van der Waals surface area contributed by atoms with Gasteiger partial charge in [-0.2, -0.15) is 0 Å². The summed E-state index contributed by atoms with van der Waals surface area (Å²) in [6.45, 7) is 3.99. The minimum atomic E-state index is -3.28. The summed E-state index contributed by atoms with van der Waals surface area (Å²) in [7, 11) is -3.28. The Morgan fingerprint density at radius 3 is 2.38 bits per heavy atom. The van der Waals surface area contributed by atoms with Gasteiger partial charge in [-0.15, -0.1) is 0 Å². The maximum atomic E-state index is 13.3. The standard InChI is InChI=1S/C20H21N3O5S/c1-13-6-14(2)8-17(7-13)22-19-12-29(27,28)11-18(19)21(20(22)24)10-15-4-3-5-16(9-15)23(25)26/h3-9,18-19H,10-12H2,1-2H3/t18-,19-/m0/s1. The predicted octanol–water partition coefficient (Wildman–Crippen LogP) is 2.82. The zero-order valence-corrected chi connectivity index (χ0v) is 16.9. The molecule has 0 N–H and O–H groups in total. The fourth-order valence-corrected chi connectivity index (χ4v) is 6.27. The Balaban J connectivity index is 1.72. The summed E-state index contributed by atoms with van der Waals surface area (Å²) in [6, 6.07) is 10.6. The fourth-order valence-electron chi connectivity index (χ4n) is 4.32. The van der Waals surface area contributed by atoms with Crippen molar-refractivity contribution >= 4 is 27.2 Å². The molecule has 0 radical (unpaired) electrons. The number of anilines is 1. The Hall–Kier alpha value is -2.94. The van der Waals surface area contributed by atoms with Crippen LogP contribution in [0.25, 0.3) is 0 Å². The molecule has 2 saturated heterocycles. The first-order chi connectivity index (χ1) is 13.6. The third-order valence-electron chi connectivity index (χ3n) is 5.44. The van der Waals surface area contributed by atoms with Crippen molar-refractivity contribution in [3.05, 3.63) is 69.3 Å². The molecule has 0 bridgehead atoms. The number of sulfone groups is 1. The number of amides is 2. The molecule has 2 aromatic rings. The van der Waals surface area contributed by atoms with Crippen molar-refractivity contribution < 1.29 is 18.1 Å². The molecule has 9 heteroatoms. The number of carbonyl (C=O) groups is 1. The van der Waals surface area contributed by atoms with Crippen LogP contribution in [0.2, 0.25) is 0 Å². The molecule has 2 aliphatic heterocycles. The van der Waals surface area contributed by atoms with Gasteiger partial charge in [0, 0.05) is 24.4 Å². The number of non-ortho nitro benzene ring substituents is 1. The van der Waals surface area contributed by atoms with Crippen LogP contribution >= 0.6 is 0 Å². The molecule has 2 atom stereocenters. The lowest BCUT2D eigenvalue weighted by molar-refractivity contribution is -0.384. The van der Waals surface area contributed by atoms with Gasteiger partial charge in [0.2, 0.25) is 0 Å². The van der Waals surface area contributed by atoms with E-state index in [2.05, 4.69) is 0 Å². The van der Waals surface area contributed by atoms with Gasteiger partial charge < -0.3 is 4.90 Å². The van der Waals surface area contributed by atoms with E-state index in [0.29, 0.717) is 11.3 Å². The van der Waals surface area contributed by atoms with Crippen LogP contribution in [0.5, 0.6) is 0 Å². The Kier molecular flexibility index (Phi) is 4.57. The Morgan fingerprint density at radius 1 is 1.07 bits per heavy atom. The molecule has 8 nitrogen and oxygen atoms in total. The van der Waals surface area contributed by atoms with Gasteiger partial charge in [0.25, 0.3) is 5.69 Å². The Labute approximate surface area is 168 Å². The number of aryl methyl sites for hydroxylation is 2. The van der Waals surface area contributed by atoms with Gasteiger partial charge in [-0.3, -0.25) is 15.0 Å². The van der Waals surface area contributed by atoms with Crippen molar-refractivity contribution in [2.45, 2.75) is 32.5 Å². The van der Waals surface area contributed by atoms with Crippen molar-refractivity contribution in [1.29, 1.82) is 0 Å². The van der Waals surface area contributed by atoms with Crippen LogP contribution in [0.15, 0.2) is 42.5 Å². The number of hydrogen-bond acceptors (Lipinski definition) is 5. The number of nitro groups is 1. The first kappa shape index (κ1) is 19.4. The second-order valence-corrected chi connectivity index (χ2v) is 9.92. The molecule has 2 heterocycles. The van der Waals surface area contributed by atoms with E-state index in [4.69, 9.17) is 0 Å². The zero-order chi connectivity index (χ0) is 20.9. The van der Waals surface area contributed by atoms with Crippen LogP contribution in [0.4, 0.5) is 16.2 Å². The van der Waals surface area contributed by atoms with Gasteiger partial charge in [0.15, 0.2) is 9.84 Å². The zero-order valence-electron chi connectivity index (χ0n) is 16.1. The minimum absolute atomic E-state index is 0.0593. The van der Waals surface area contributed by atoms with Crippen molar-refractivity contribution in [2.24, 2.45) is 0 Å². The van der Waals surface area contributed by atoms with Gasteiger partial charge in [-0.05, 0) is 42.7 Å². The molecule has 152 valence electrons. The lowest BCUT2D eigenvalue weighted by Gasteiger charge is -2.23. The first-order valence-corrected chi connectivity index (χ1v) is 11.1. The van der Waals surface area contributed by atoms with Gasteiger partial charge in [0.05, 0.1) is 28.5 Å². The summed E-state index contributed by atoms with van der Waals surface area (Å²) in [5.74, 6) is -0.179. The highest BCUT2D eigenvalue weighted by Gasteiger charge is 2.53. The van der Waals surface area contributed by atoms with Crippen molar-refractivity contribution in [3.8, 4) is 0 Å². The SMILES string of the molecule is Cc1cc(C)cc(N2C(=O)N(Cc3cccc([N+](=O)[O-])c3)[C@H]3CS(=O)(=O)C[C@@H]32)c1. The van der Waals surface area contributed by atoms with E-state index in [1.807, 2.05) is 32.0 Å². The van der Waals surface area contributed by atoms with Crippen LogP contribution in [-0.2, 0) is 16.4 Å². The quantitative estimate of drug-likeness (QED) is 0.434. The van der Waals surface area contributed by atoms with Crippen LogP contribution in [0, 0.1) is 24.0 Å². The molecule has 0 spiro atoms. The molecule has 0 aromatic heterocycles. The molecule has 29 heavy (non-hydrogen) atoms. The van der Waals surface area contributed by atoms with Crippen molar-refractivity contribution in [2.75, 3.05) is 16.4 Å². The molecule has 0 unspecified atom stereocenters. The maximum absolute atomic E-state index is 13.3. The summed E-state index contributed by atoms with van der Waals surface area (Å²) in [6.07, 6.45) is 0. The number of benzene rings is 2. The van der Waals surface area contributed by atoms with Crippen LogP contribution in [0.3, 0.4) is 0 Å². The average molecular weight is 415 g/mol. The van der Waals surface area contributed by atoms with E-state index in [9.17, 15) is 23.3 Å². The number of fused-ring (bicyclic) bond motifs is 1. The van der Waals surface area contributed by atoms with E-state index in [1.165, 1.54) is 17.0 Å². The predicted molar refractivity (Wildman–Crippen MR) is 109 cm³/mol. The summed E-state index contributed by atoms with van der Waals surface area (Å²) < 4.78 is 24.7. The number of nitro benzene ring substituents is 1. The maximum Gasteiger partial charge on any atom is 0.325 e. The smallest absolute Gasteiger partial charge is 0.314 e. The summed E-state index contributed by atoms with van der Waals surface area (Å²) in [4.78, 5) is 27.0. The normalized spacial score (nSPS) is 22.8. The number of hydrogen-bond donors (Lipinski definition) is 0. The van der Waals surface area contributed by atoms with E-state index < -0.39 is 26.8 Å². The van der Waals surface area contributed by atoms with Crippen molar-refractivity contribution in [3.63, 3.8) is 0 Å². The number of urea groups is 1. The van der Waals surface area contributed by atoms with E-state index in [-0.39, 0.29) is 29.8 Å². The molecule has 2 amide bonds. The van der Waals surface area contributed by atoms with Gasteiger partial charge >= 0.3 is 6.03 Å². The Bertz CT molecular complexity index is 1090. The molecule has 2 aromatic carbocycles. The van der Waals surface area contributed by atoms with Crippen LogP contribution < -0.4 is 4.90 Å². The average Bonchev–Trinajstić information content (AvgIpc) is 3.05. The van der Waals surface area contributed by atoms with Gasteiger partial charge in [0.1, 0.15) is 0 Å². The summed E-state index contributed by atoms with van der Waals surface area (Å²) in [5, 5.41) is 11.1. The lowest BCUT2D eigenvalue weighted by atomic mass is 10.1. The number of nitrogens with zero attached hydrogens (tertiary/aromatic N) is 3. The second kappa shape index (κ2) is 6.84. The molecule has 4 rings (SSSR count). The third-order valence-corrected chi connectivity index (χ3v) is 7.14. The van der Waals surface area contributed by atoms with E-state index >= 15 is 0 Å². The first-order valence-electron chi connectivity index (χ1n) is 9.26. The van der Waals surface area contributed by atoms with Crippen molar-refractivity contribution in [1.82, 2.24) is 4.90 Å². The molecule has 0 saturated carbocycles. The highest BCUT2D eigenvalue weighted by molar-refractivity contribution is 7.91. The monoisotopic (exact) mass is 415 g/mol. The highest BCUT2D eigenvalue weighted by Crippen LogP contribution is 2.36. The highest BCUT2D eigenvalue weighted by atomic mass is 32.2. The molecule has 0 aliphatic carbocycles. The molecular weight excluding hydrogens is 394 g/mol. The molecular formula is C20H21N3O5S. The third kappa shape index (κ3) is 3.57. The van der Waals surface area contributed by atoms with E-state index in [0.717, 1.165) is 11.1 Å². The van der Waals surface area contributed by atoms with Crippen LogP contribution in [0.1, 0.15) is 16.7 Å². The minimum Gasteiger partial charge on any atom is -0.314 e. The molecule has 2 fully saturated rings. The fraction of sp³-hybridized carbons (Fsp3) is 0.350. The summed E-state index contributed by atoms with van der Waals surface area (Å²) >= 11 is 0.